The van der Waals surface area contributed by atoms with Crippen LogP contribution in [0.3, 0.4) is 0 Å². The Labute approximate surface area is 178 Å². The molecule has 0 fully saturated rings. The lowest BCUT2D eigenvalue weighted by atomic mass is 10.2. The van der Waals surface area contributed by atoms with Gasteiger partial charge in [0.25, 0.3) is 11.8 Å². The molecule has 0 saturated heterocycles. The van der Waals surface area contributed by atoms with Gasteiger partial charge in [0.1, 0.15) is 11.3 Å². The predicted octanol–water partition coefficient (Wildman–Crippen LogP) is 6.89. The first-order valence-corrected chi connectivity index (χ1v) is 11.8. The molecule has 0 aliphatic carbocycles. The molecule has 3 aromatic heterocycles. The highest BCUT2D eigenvalue weighted by atomic mass is 32.2. The van der Waals surface area contributed by atoms with Crippen molar-refractivity contribution in [2.24, 2.45) is 7.05 Å². The van der Waals surface area contributed by atoms with Crippen molar-refractivity contribution in [1.82, 2.24) is 14.5 Å². The van der Waals surface area contributed by atoms with E-state index < -0.39 is 11.8 Å². The Morgan fingerprint density at radius 3 is 2.52 bits per heavy atom. The van der Waals surface area contributed by atoms with Gasteiger partial charge in [0.05, 0.1) is 15.4 Å². The Balaban J connectivity index is 1.76. The minimum Gasteiger partial charge on any atom is -0.315 e. The smallest absolute Gasteiger partial charge is 0.279 e. The zero-order valence-corrected chi connectivity index (χ0v) is 18.6. The third-order valence-corrected chi connectivity index (χ3v) is 9.17. The number of alkyl halides is 4. The topological polar surface area (TPSA) is 30.7 Å². The maximum atomic E-state index is 13.8. The van der Waals surface area contributed by atoms with Crippen molar-refractivity contribution in [2.45, 2.75) is 48.0 Å². The van der Waals surface area contributed by atoms with E-state index in [-0.39, 0.29) is 20.9 Å². The number of aryl methyl sites for hydroxylation is 1. The van der Waals surface area contributed by atoms with E-state index in [4.69, 9.17) is 0 Å². The van der Waals surface area contributed by atoms with Gasteiger partial charge in [-0.05, 0) is 17.9 Å². The number of thiophene rings is 1. The van der Waals surface area contributed by atoms with E-state index in [1.807, 2.05) is 18.5 Å². The average molecular weight is 462 g/mol. The summed E-state index contributed by atoms with van der Waals surface area (Å²) in [5, 5.41) is -0.116. The van der Waals surface area contributed by atoms with Gasteiger partial charge in [0, 0.05) is 42.4 Å². The van der Waals surface area contributed by atoms with Crippen molar-refractivity contribution in [3.05, 3.63) is 39.5 Å². The van der Waals surface area contributed by atoms with E-state index in [0.717, 1.165) is 40.7 Å². The molecular weight excluding hydrogens is 442 g/mol. The number of hydrogen-bond donors (Lipinski definition) is 0. The molecule has 1 aliphatic rings. The fourth-order valence-corrected chi connectivity index (χ4v) is 7.82. The molecule has 4 rings (SSSR count). The number of aromatic nitrogens is 3. The van der Waals surface area contributed by atoms with Crippen LogP contribution in [0.4, 0.5) is 17.6 Å². The number of hydrogen-bond acceptors (Lipinski definition) is 5. The summed E-state index contributed by atoms with van der Waals surface area (Å²) in [6.07, 6.45) is 1.18. The Bertz CT molecular complexity index is 1070. The van der Waals surface area contributed by atoms with Crippen molar-refractivity contribution < 1.29 is 17.6 Å². The normalized spacial score (nSPS) is 19.9. The lowest BCUT2D eigenvalue weighted by molar-refractivity contribution is 0.0171. The van der Waals surface area contributed by atoms with Gasteiger partial charge in [-0.1, -0.05) is 6.92 Å². The van der Waals surface area contributed by atoms with Crippen LogP contribution in [-0.4, -0.2) is 20.3 Å². The molecule has 1 aliphatic heterocycles. The minimum absolute atomic E-state index is 0.0244. The van der Waals surface area contributed by atoms with Gasteiger partial charge in [-0.15, -0.1) is 23.1 Å². The molecule has 0 bridgehead atoms. The number of imidazole rings is 1. The molecule has 3 nitrogen and oxygen atoms in total. The monoisotopic (exact) mass is 461 g/mol. The molecular formula is C19H19F4N3S3. The van der Waals surface area contributed by atoms with E-state index in [2.05, 4.69) is 9.97 Å². The molecule has 4 heterocycles. The number of nitrogens with zero attached hydrogens (tertiary/aromatic N) is 3. The Kier molecular flexibility index (Phi) is 5.18. The average Bonchev–Trinajstić information content (AvgIpc) is 3.26. The van der Waals surface area contributed by atoms with Gasteiger partial charge < -0.3 is 4.57 Å². The molecule has 2 atom stereocenters. The number of halogens is 4. The van der Waals surface area contributed by atoms with E-state index in [1.165, 1.54) is 24.0 Å². The quantitative estimate of drug-likeness (QED) is 0.387. The van der Waals surface area contributed by atoms with Crippen LogP contribution in [0, 0.1) is 0 Å². The minimum atomic E-state index is -2.99. The van der Waals surface area contributed by atoms with E-state index in [0.29, 0.717) is 17.0 Å². The van der Waals surface area contributed by atoms with Gasteiger partial charge in [0.2, 0.25) is 0 Å². The van der Waals surface area contributed by atoms with Crippen LogP contribution in [0.2, 0.25) is 0 Å². The maximum absolute atomic E-state index is 13.8. The Hall–Kier alpha value is -1.26. The Morgan fingerprint density at radius 2 is 1.90 bits per heavy atom. The van der Waals surface area contributed by atoms with Crippen LogP contribution < -0.4 is 0 Å². The number of pyridine rings is 1. The Morgan fingerprint density at radius 1 is 1.17 bits per heavy atom. The first-order valence-electron chi connectivity index (χ1n) is 9.01. The van der Waals surface area contributed by atoms with Crippen LogP contribution in [-0.2, 0) is 18.9 Å². The third-order valence-electron chi connectivity index (χ3n) is 4.80. The van der Waals surface area contributed by atoms with Crippen molar-refractivity contribution in [1.29, 1.82) is 0 Å². The molecule has 3 aromatic rings. The summed E-state index contributed by atoms with van der Waals surface area (Å²) in [4.78, 5) is 10.7. The number of rotatable bonds is 5. The van der Waals surface area contributed by atoms with Crippen LogP contribution in [0.5, 0.6) is 0 Å². The van der Waals surface area contributed by atoms with Crippen LogP contribution in [0.1, 0.15) is 52.4 Å². The van der Waals surface area contributed by atoms with Crippen LogP contribution in [0.25, 0.3) is 11.2 Å². The van der Waals surface area contributed by atoms with Crippen LogP contribution >= 0.6 is 34.9 Å². The highest BCUT2D eigenvalue weighted by Crippen LogP contribution is 2.62. The third kappa shape index (κ3) is 3.67. The highest BCUT2D eigenvalue weighted by molar-refractivity contribution is 8.04. The summed E-state index contributed by atoms with van der Waals surface area (Å²) < 4.78 is 56.8. The van der Waals surface area contributed by atoms with Crippen molar-refractivity contribution in [3.63, 3.8) is 0 Å². The van der Waals surface area contributed by atoms with Crippen molar-refractivity contribution in [3.8, 4) is 0 Å². The predicted molar refractivity (Wildman–Crippen MR) is 111 cm³/mol. The van der Waals surface area contributed by atoms with Crippen molar-refractivity contribution in [2.75, 3.05) is 5.75 Å². The van der Waals surface area contributed by atoms with Crippen molar-refractivity contribution >= 4 is 46.0 Å². The van der Waals surface area contributed by atoms with E-state index >= 15 is 0 Å². The second kappa shape index (κ2) is 7.16. The van der Waals surface area contributed by atoms with Gasteiger partial charge in [-0.25, -0.2) is 27.5 Å². The molecule has 0 saturated carbocycles. The number of thioether (sulfide) groups is 2. The maximum Gasteiger partial charge on any atom is 0.279 e. The second-order valence-corrected chi connectivity index (χ2v) is 10.8. The molecule has 0 radical (unpaired) electrons. The van der Waals surface area contributed by atoms with Gasteiger partial charge >= 0.3 is 0 Å². The lowest BCUT2D eigenvalue weighted by Crippen LogP contribution is -2.08. The standard InChI is InChI=1S/C19H19F4N3S3/c1-5-27-14-13-11(7-12(29-13)19(3,22)23)28-15(14)17-25-10-6-9(18(2,20)21)8-24-16(10)26(17)4/h6-8,14-15H,5H2,1-4H3. The van der Waals surface area contributed by atoms with Gasteiger partial charge in [-0.3, -0.25) is 0 Å². The zero-order chi connectivity index (χ0) is 21.1. The summed E-state index contributed by atoms with van der Waals surface area (Å²) in [6.45, 7) is 3.77. The molecule has 2 unspecified atom stereocenters. The summed E-state index contributed by atoms with van der Waals surface area (Å²) in [5.41, 5.74) is 0.769. The van der Waals surface area contributed by atoms with Gasteiger partial charge in [0.15, 0.2) is 5.65 Å². The zero-order valence-electron chi connectivity index (χ0n) is 16.2. The molecule has 0 aromatic carbocycles. The fourth-order valence-electron chi connectivity index (χ4n) is 3.35. The second-order valence-electron chi connectivity index (χ2n) is 7.13. The lowest BCUT2D eigenvalue weighted by Gasteiger charge is -2.18. The summed E-state index contributed by atoms with van der Waals surface area (Å²) >= 11 is 4.35. The molecule has 0 spiro atoms. The number of fused-ring (bicyclic) bond motifs is 2. The van der Waals surface area contributed by atoms with Crippen LogP contribution in [0.15, 0.2) is 23.2 Å². The molecule has 0 N–H and O–H groups in total. The molecule has 0 amide bonds. The SMILES string of the molecule is CCSC1c2sc(C(C)(F)F)cc2SC1c1nc2cc(C(C)(F)F)cnc2n1C. The fraction of sp³-hybridized carbons (Fsp3) is 0.474. The summed E-state index contributed by atoms with van der Waals surface area (Å²) in [5.74, 6) is -4.32. The molecule has 10 heteroatoms. The molecule has 29 heavy (non-hydrogen) atoms. The van der Waals surface area contributed by atoms with E-state index in [1.54, 1.807) is 17.8 Å². The first kappa shape index (κ1) is 21.0. The molecule has 156 valence electrons. The summed E-state index contributed by atoms with van der Waals surface area (Å²) in [6, 6.07) is 2.95. The first-order chi connectivity index (χ1) is 13.5. The van der Waals surface area contributed by atoms with E-state index in [9.17, 15) is 17.6 Å². The largest absolute Gasteiger partial charge is 0.315 e. The highest BCUT2D eigenvalue weighted by Gasteiger charge is 2.41. The summed E-state index contributed by atoms with van der Waals surface area (Å²) in [7, 11) is 1.81. The van der Waals surface area contributed by atoms with Gasteiger partial charge in [-0.2, -0.15) is 11.8 Å².